The first-order chi connectivity index (χ1) is 7.22. The molecule has 0 heterocycles. The van der Waals surface area contributed by atoms with Crippen LogP contribution in [-0.4, -0.2) is 18.7 Å². The summed E-state index contributed by atoms with van der Waals surface area (Å²) >= 11 is 0. The van der Waals surface area contributed by atoms with Crippen LogP contribution in [0.5, 0.6) is 0 Å². The predicted octanol–water partition coefficient (Wildman–Crippen LogP) is 1.67. The lowest BCUT2D eigenvalue weighted by Gasteiger charge is -2.18. The summed E-state index contributed by atoms with van der Waals surface area (Å²) in [7, 11) is 1.90. The standard InChI is InChI=1S/C12H14N2O/c1-3-6-14(2)12-5-4-10(9-15)7-11(12)8-13/h3-5,7,15H,1,6,9H2,2H3. The van der Waals surface area contributed by atoms with Crippen molar-refractivity contribution in [1.29, 1.82) is 5.26 Å². The minimum Gasteiger partial charge on any atom is -0.392 e. The van der Waals surface area contributed by atoms with Crippen LogP contribution in [0.1, 0.15) is 11.1 Å². The lowest BCUT2D eigenvalue weighted by molar-refractivity contribution is 0.282. The molecule has 0 aliphatic heterocycles. The van der Waals surface area contributed by atoms with Gasteiger partial charge in [0.25, 0.3) is 0 Å². The van der Waals surface area contributed by atoms with Crippen molar-refractivity contribution in [2.24, 2.45) is 0 Å². The first-order valence-electron chi connectivity index (χ1n) is 4.68. The molecule has 0 aliphatic carbocycles. The second-order valence-corrected chi connectivity index (χ2v) is 3.29. The number of nitrogens with zero attached hydrogens (tertiary/aromatic N) is 2. The highest BCUT2D eigenvalue weighted by Crippen LogP contribution is 2.20. The number of aliphatic hydroxyl groups excluding tert-OH is 1. The Morgan fingerprint density at radius 2 is 2.33 bits per heavy atom. The maximum absolute atomic E-state index is 8.97. The SMILES string of the molecule is C=CCN(C)c1ccc(CO)cc1C#N. The number of rotatable bonds is 4. The molecule has 0 aromatic heterocycles. The molecule has 1 aromatic carbocycles. The summed E-state index contributed by atoms with van der Waals surface area (Å²) in [5.74, 6) is 0. The number of anilines is 1. The number of hydrogen-bond acceptors (Lipinski definition) is 3. The third kappa shape index (κ3) is 2.58. The van der Waals surface area contributed by atoms with E-state index in [-0.39, 0.29) is 6.61 Å². The molecule has 0 bridgehead atoms. The van der Waals surface area contributed by atoms with E-state index in [2.05, 4.69) is 12.6 Å². The second kappa shape index (κ2) is 5.18. The molecule has 15 heavy (non-hydrogen) atoms. The van der Waals surface area contributed by atoms with Crippen LogP contribution < -0.4 is 4.90 Å². The van der Waals surface area contributed by atoms with E-state index in [1.54, 1.807) is 12.1 Å². The van der Waals surface area contributed by atoms with Crippen molar-refractivity contribution in [2.45, 2.75) is 6.61 Å². The summed E-state index contributed by atoms with van der Waals surface area (Å²) in [5.41, 5.74) is 2.18. The number of likely N-dealkylation sites (N-methyl/N-ethyl adjacent to an activating group) is 1. The van der Waals surface area contributed by atoms with Gasteiger partial charge in [-0.1, -0.05) is 12.1 Å². The molecule has 0 amide bonds. The molecule has 1 rings (SSSR count). The normalized spacial score (nSPS) is 9.40. The fourth-order valence-electron chi connectivity index (χ4n) is 1.40. The van der Waals surface area contributed by atoms with Crippen molar-refractivity contribution in [2.75, 3.05) is 18.5 Å². The van der Waals surface area contributed by atoms with Crippen LogP contribution in [0, 0.1) is 11.3 Å². The Hall–Kier alpha value is -1.79. The quantitative estimate of drug-likeness (QED) is 0.755. The molecule has 0 fully saturated rings. The Labute approximate surface area is 89.9 Å². The van der Waals surface area contributed by atoms with Crippen LogP contribution in [0.3, 0.4) is 0 Å². The summed E-state index contributed by atoms with van der Waals surface area (Å²) in [4.78, 5) is 1.94. The monoisotopic (exact) mass is 202 g/mol. The molecule has 0 unspecified atom stereocenters. The van der Waals surface area contributed by atoms with Gasteiger partial charge in [-0.15, -0.1) is 6.58 Å². The minimum atomic E-state index is -0.0415. The van der Waals surface area contributed by atoms with Gasteiger partial charge in [-0.3, -0.25) is 0 Å². The zero-order valence-corrected chi connectivity index (χ0v) is 8.77. The number of nitriles is 1. The highest BCUT2D eigenvalue weighted by molar-refractivity contribution is 5.60. The van der Waals surface area contributed by atoms with Gasteiger partial charge in [0.15, 0.2) is 0 Å². The minimum absolute atomic E-state index is 0.0415. The van der Waals surface area contributed by atoms with Gasteiger partial charge in [-0.25, -0.2) is 0 Å². The zero-order chi connectivity index (χ0) is 11.3. The molecule has 1 aromatic rings. The van der Waals surface area contributed by atoms with E-state index >= 15 is 0 Å². The third-order valence-corrected chi connectivity index (χ3v) is 2.18. The molecule has 0 radical (unpaired) electrons. The Morgan fingerprint density at radius 1 is 1.60 bits per heavy atom. The molecule has 1 N–H and O–H groups in total. The van der Waals surface area contributed by atoms with Gasteiger partial charge in [0.05, 0.1) is 17.9 Å². The van der Waals surface area contributed by atoms with E-state index in [0.717, 1.165) is 11.3 Å². The van der Waals surface area contributed by atoms with Gasteiger partial charge < -0.3 is 10.0 Å². The van der Waals surface area contributed by atoms with Gasteiger partial charge in [-0.2, -0.15) is 5.26 Å². The number of aliphatic hydroxyl groups is 1. The maximum atomic E-state index is 8.97. The van der Waals surface area contributed by atoms with Crippen molar-refractivity contribution >= 4 is 5.69 Å². The van der Waals surface area contributed by atoms with Gasteiger partial charge >= 0.3 is 0 Å². The van der Waals surface area contributed by atoms with E-state index in [1.165, 1.54) is 0 Å². The van der Waals surface area contributed by atoms with E-state index in [9.17, 15) is 0 Å². The molecular formula is C12H14N2O. The van der Waals surface area contributed by atoms with Gasteiger partial charge in [0, 0.05) is 13.6 Å². The van der Waals surface area contributed by atoms with Crippen molar-refractivity contribution in [3.63, 3.8) is 0 Å². The average molecular weight is 202 g/mol. The van der Waals surface area contributed by atoms with E-state index in [4.69, 9.17) is 10.4 Å². The zero-order valence-electron chi connectivity index (χ0n) is 8.77. The van der Waals surface area contributed by atoms with E-state index < -0.39 is 0 Å². The summed E-state index contributed by atoms with van der Waals surface area (Å²) in [6.07, 6.45) is 1.78. The Kier molecular flexibility index (Phi) is 3.90. The Morgan fingerprint density at radius 3 is 2.87 bits per heavy atom. The molecule has 3 heteroatoms. The van der Waals surface area contributed by atoms with Crippen molar-refractivity contribution < 1.29 is 5.11 Å². The molecular weight excluding hydrogens is 188 g/mol. The summed E-state index contributed by atoms with van der Waals surface area (Å²) in [5, 5.41) is 17.9. The highest BCUT2D eigenvalue weighted by atomic mass is 16.3. The van der Waals surface area contributed by atoms with Gasteiger partial charge in [0.2, 0.25) is 0 Å². The lowest BCUT2D eigenvalue weighted by Crippen LogP contribution is -2.17. The van der Waals surface area contributed by atoms with Crippen molar-refractivity contribution in [3.05, 3.63) is 42.0 Å². The van der Waals surface area contributed by atoms with Crippen LogP contribution in [0.25, 0.3) is 0 Å². The smallest absolute Gasteiger partial charge is 0.101 e. The highest BCUT2D eigenvalue weighted by Gasteiger charge is 2.06. The van der Waals surface area contributed by atoms with Crippen molar-refractivity contribution in [1.82, 2.24) is 0 Å². The summed E-state index contributed by atoms with van der Waals surface area (Å²) < 4.78 is 0. The Bertz CT molecular complexity index is 393. The van der Waals surface area contributed by atoms with Crippen LogP contribution >= 0.6 is 0 Å². The van der Waals surface area contributed by atoms with Crippen molar-refractivity contribution in [3.8, 4) is 6.07 Å². The average Bonchev–Trinajstić information content (AvgIpc) is 2.28. The molecule has 0 aliphatic rings. The molecule has 0 spiro atoms. The molecule has 0 saturated heterocycles. The summed E-state index contributed by atoms with van der Waals surface area (Å²) in [6.45, 7) is 4.30. The second-order valence-electron chi connectivity index (χ2n) is 3.29. The van der Waals surface area contributed by atoms with E-state index in [0.29, 0.717) is 12.1 Å². The Balaban J connectivity index is 3.08. The fourth-order valence-corrected chi connectivity index (χ4v) is 1.40. The van der Waals surface area contributed by atoms with Gasteiger partial charge in [0.1, 0.15) is 6.07 Å². The largest absolute Gasteiger partial charge is 0.392 e. The third-order valence-electron chi connectivity index (χ3n) is 2.18. The topological polar surface area (TPSA) is 47.3 Å². The van der Waals surface area contributed by atoms with Gasteiger partial charge in [-0.05, 0) is 17.7 Å². The van der Waals surface area contributed by atoms with E-state index in [1.807, 2.05) is 24.1 Å². The lowest BCUT2D eigenvalue weighted by atomic mass is 10.1. The number of hydrogen-bond donors (Lipinski definition) is 1. The molecule has 78 valence electrons. The van der Waals surface area contributed by atoms with Crippen LogP contribution in [0.15, 0.2) is 30.9 Å². The number of benzene rings is 1. The first-order valence-corrected chi connectivity index (χ1v) is 4.68. The molecule has 0 atom stereocenters. The molecule has 3 nitrogen and oxygen atoms in total. The van der Waals surface area contributed by atoms with Crippen LogP contribution in [0.4, 0.5) is 5.69 Å². The summed E-state index contributed by atoms with van der Waals surface area (Å²) in [6, 6.07) is 7.48. The maximum Gasteiger partial charge on any atom is 0.101 e. The predicted molar refractivity (Wildman–Crippen MR) is 60.5 cm³/mol. The fraction of sp³-hybridized carbons (Fsp3) is 0.250. The molecule has 0 saturated carbocycles. The van der Waals surface area contributed by atoms with Crippen LogP contribution in [-0.2, 0) is 6.61 Å². The first kappa shape index (κ1) is 11.3. The van der Waals surface area contributed by atoms with Crippen LogP contribution in [0.2, 0.25) is 0 Å².